The third-order valence-corrected chi connectivity index (χ3v) is 6.19. The van der Waals surface area contributed by atoms with Gasteiger partial charge in [-0.15, -0.1) is 0 Å². The van der Waals surface area contributed by atoms with E-state index in [0.717, 1.165) is 25.0 Å². The van der Waals surface area contributed by atoms with E-state index < -0.39 is 23.6 Å². The molecule has 10 heteroatoms. The smallest absolute Gasteiger partial charge is 0.368 e. The van der Waals surface area contributed by atoms with E-state index in [2.05, 4.69) is 16.4 Å². The van der Waals surface area contributed by atoms with Crippen LogP contribution in [0.4, 0.5) is 24.7 Å². The molecule has 0 spiro atoms. The number of piperazine rings is 1. The molecule has 0 bridgehead atoms. The molecule has 2 aromatic carbocycles. The van der Waals surface area contributed by atoms with Crippen molar-refractivity contribution in [3.63, 3.8) is 0 Å². The lowest BCUT2D eigenvalue weighted by molar-refractivity contribution is -0.137. The van der Waals surface area contributed by atoms with Crippen molar-refractivity contribution in [2.24, 2.45) is 0 Å². The summed E-state index contributed by atoms with van der Waals surface area (Å²) >= 11 is 0. The molecule has 188 valence electrons. The summed E-state index contributed by atoms with van der Waals surface area (Å²) in [5.41, 5.74) is 1.33. The number of hydrogen-bond donors (Lipinski definition) is 1. The average Bonchev–Trinajstić information content (AvgIpc) is 2.88. The molecular weight excluding hydrogens is 469 g/mol. The van der Waals surface area contributed by atoms with Crippen molar-refractivity contribution in [1.82, 2.24) is 15.3 Å². The van der Waals surface area contributed by atoms with Crippen LogP contribution in [0.25, 0.3) is 11.0 Å². The van der Waals surface area contributed by atoms with Crippen molar-refractivity contribution in [2.75, 3.05) is 42.5 Å². The van der Waals surface area contributed by atoms with Gasteiger partial charge in [-0.3, -0.25) is 4.79 Å². The van der Waals surface area contributed by atoms with Crippen molar-refractivity contribution in [2.45, 2.75) is 31.9 Å². The van der Waals surface area contributed by atoms with E-state index >= 15 is 0 Å². The molecule has 0 saturated carbocycles. The Labute approximate surface area is 207 Å². The molecule has 36 heavy (non-hydrogen) atoms. The van der Waals surface area contributed by atoms with Crippen LogP contribution >= 0.6 is 0 Å². The van der Waals surface area contributed by atoms with Crippen molar-refractivity contribution < 1.29 is 18.0 Å². The van der Waals surface area contributed by atoms with Crippen molar-refractivity contribution >= 4 is 28.4 Å². The molecule has 0 aliphatic carbocycles. The first kappa shape index (κ1) is 25.2. The lowest BCUT2D eigenvalue weighted by Gasteiger charge is -2.37. The van der Waals surface area contributed by atoms with Crippen LogP contribution in [-0.4, -0.2) is 48.6 Å². The summed E-state index contributed by atoms with van der Waals surface area (Å²) < 4.78 is 39.5. The Hall–Kier alpha value is -3.87. The predicted molar refractivity (Wildman–Crippen MR) is 132 cm³/mol. The maximum atomic E-state index is 13.2. The third-order valence-electron chi connectivity index (χ3n) is 6.19. The number of halogens is 3. The summed E-state index contributed by atoms with van der Waals surface area (Å²) in [4.78, 5) is 26.1. The molecule has 1 unspecified atom stereocenters. The number of amides is 1. The summed E-state index contributed by atoms with van der Waals surface area (Å²) in [6.45, 7) is 4.29. The van der Waals surface area contributed by atoms with Gasteiger partial charge in [-0.1, -0.05) is 31.5 Å². The quantitative estimate of drug-likeness (QED) is 0.485. The van der Waals surface area contributed by atoms with Crippen LogP contribution in [0.5, 0.6) is 0 Å². The van der Waals surface area contributed by atoms with Crippen LogP contribution in [0, 0.1) is 11.3 Å². The number of nitrogens with zero attached hydrogens (tertiary/aromatic N) is 5. The molecule has 1 aliphatic rings. The van der Waals surface area contributed by atoms with E-state index in [4.69, 9.17) is 4.98 Å². The largest absolute Gasteiger partial charge is 0.416 e. The van der Waals surface area contributed by atoms with E-state index in [-0.39, 0.29) is 5.69 Å². The number of carbonyl (C=O) groups excluding carboxylic acids is 1. The second-order valence-electron chi connectivity index (χ2n) is 8.65. The lowest BCUT2D eigenvalue weighted by Crippen LogP contribution is -2.47. The second kappa shape index (κ2) is 10.8. The van der Waals surface area contributed by atoms with Gasteiger partial charge < -0.3 is 15.1 Å². The number of para-hydroxylation sites is 2. The summed E-state index contributed by atoms with van der Waals surface area (Å²) in [6.07, 6.45) is -2.69. The van der Waals surface area contributed by atoms with Gasteiger partial charge in [0.2, 0.25) is 5.91 Å². The Morgan fingerprint density at radius 2 is 1.72 bits per heavy atom. The second-order valence-corrected chi connectivity index (χ2v) is 8.65. The minimum Gasteiger partial charge on any atom is -0.368 e. The normalized spacial score (nSPS) is 15.0. The van der Waals surface area contributed by atoms with Crippen LogP contribution < -0.4 is 15.1 Å². The van der Waals surface area contributed by atoms with Gasteiger partial charge in [-0.05, 0) is 36.8 Å². The fourth-order valence-electron chi connectivity index (χ4n) is 4.22. The number of nitrogens with one attached hydrogen (secondary N) is 1. The number of nitriles is 1. The molecule has 1 saturated heterocycles. The number of rotatable bonds is 7. The number of unbranched alkanes of at least 4 members (excludes halogenated alkanes) is 1. The predicted octanol–water partition coefficient (Wildman–Crippen LogP) is 4.50. The number of aromatic nitrogens is 2. The molecule has 1 fully saturated rings. The Morgan fingerprint density at radius 1 is 1.06 bits per heavy atom. The van der Waals surface area contributed by atoms with Gasteiger partial charge in [0, 0.05) is 38.4 Å². The Kier molecular flexibility index (Phi) is 7.58. The van der Waals surface area contributed by atoms with Crippen molar-refractivity contribution in [3.8, 4) is 6.07 Å². The SMILES string of the molecule is CCCCNC(=O)C(C#N)c1nc2ccccc2nc1N1CCN(c2cccc(C(F)(F)F)c2)CC1. The number of benzene rings is 2. The monoisotopic (exact) mass is 496 g/mol. The number of alkyl halides is 3. The third kappa shape index (κ3) is 5.51. The highest BCUT2D eigenvalue weighted by Crippen LogP contribution is 2.33. The van der Waals surface area contributed by atoms with E-state index in [1.54, 1.807) is 12.1 Å². The Balaban J connectivity index is 1.60. The van der Waals surface area contributed by atoms with E-state index in [9.17, 15) is 23.2 Å². The van der Waals surface area contributed by atoms with E-state index in [1.807, 2.05) is 34.9 Å². The summed E-state index contributed by atoms with van der Waals surface area (Å²) in [7, 11) is 0. The topological polar surface area (TPSA) is 85.1 Å². The standard InChI is InChI=1S/C26H27F3N6O/c1-2-3-11-31-25(36)20(17-30)23-24(33-22-10-5-4-9-21(22)32-23)35-14-12-34(13-15-35)19-8-6-7-18(16-19)26(27,28)29/h4-10,16,20H,2-3,11-15H2,1H3,(H,31,36). The number of carbonyl (C=O) groups is 1. The van der Waals surface area contributed by atoms with Crippen LogP contribution in [0.2, 0.25) is 0 Å². The van der Waals surface area contributed by atoms with Crippen LogP contribution in [-0.2, 0) is 11.0 Å². The molecule has 2 heterocycles. The highest BCUT2D eigenvalue weighted by Gasteiger charge is 2.32. The first-order valence-corrected chi connectivity index (χ1v) is 11.9. The Bertz CT molecular complexity index is 1260. The minimum absolute atomic E-state index is 0.290. The van der Waals surface area contributed by atoms with Crippen LogP contribution in [0.1, 0.15) is 36.9 Å². The number of anilines is 2. The summed E-state index contributed by atoms with van der Waals surface area (Å²) in [6, 6.07) is 14.6. The lowest BCUT2D eigenvalue weighted by atomic mass is 10.0. The van der Waals surface area contributed by atoms with Gasteiger partial charge in [-0.25, -0.2) is 9.97 Å². The zero-order valence-corrected chi connectivity index (χ0v) is 19.9. The van der Waals surface area contributed by atoms with Crippen LogP contribution in [0.3, 0.4) is 0 Å². The Morgan fingerprint density at radius 3 is 2.36 bits per heavy atom. The highest BCUT2D eigenvalue weighted by atomic mass is 19.4. The first-order chi connectivity index (χ1) is 17.3. The maximum Gasteiger partial charge on any atom is 0.416 e. The molecule has 1 N–H and O–H groups in total. The maximum absolute atomic E-state index is 13.2. The van der Waals surface area contributed by atoms with Crippen molar-refractivity contribution in [1.29, 1.82) is 5.26 Å². The van der Waals surface area contributed by atoms with Crippen LogP contribution in [0.15, 0.2) is 48.5 Å². The molecule has 1 atom stereocenters. The van der Waals surface area contributed by atoms with E-state index in [0.29, 0.717) is 55.3 Å². The first-order valence-electron chi connectivity index (χ1n) is 11.9. The fourth-order valence-corrected chi connectivity index (χ4v) is 4.22. The number of hydrogen-bond acceptors (Lipinski definition) is 6. The van der Waals surface area contributed by atoms with Gasteiger partial charge in [-0.2, -0.15) is 18.4 Å². The fraction of sp³-hybridized carbons (Fsp3) is 0.385. The van der Waals surface area contributed by atoms with Gasteiger partial charge in [0.25, 0.3) is 0 Å². The molecular formula is C26H27F3N6O. The van der Waals surface area contributed by atoms with Gasteiger partial charge in [0.05, 0.1) is 22.7 Å². The molecule has 1 amide bonds. The zero-order valence-electron chi connectivity index (χ0n) is 19.9. The molecule has 0 radical (unpaired) electrons. The summed E-state index contributed by atoms with van der Waals surface area (Å²) in [5.74, 6) is -1.09. The summed E-state index contributed by atoms with van der Waals surface area (Å²) in [5, 5.41) is 12.7. The number of fused-ring (bicyclic) bond motifs is 1. The van der Waals surface area contributed by atoms with Gasteiger partial charge >= 0.3 is 6.18 Å². The van der Waals surface area contributed by atoms with E-state index in [1.165, 1.54) is 6.07 Å². The average molecular weight is 497 g/mol. The highest BCUT2D eigenvalue weighted by molar-refractivity contribution is 5.88. The molecule has 4 rings (SSSR count). The minimum atomic E-state index is -4.41. The van der Waals surface area contributed by atoms with Crippen molar-refractivity contribution in [3.05, 3.63) is 59.8 Å². The molecule has 7 nitrogen and oxygen atoms in total. The molecule has 1 aromatic heterocycles. The molecule has 1 aliphatic heterocycles. The zero-order chi connectivity index (χ0) is 25.7. The molecule has 3 aromatic rings. The van der Waals surface area contributed by atoms with Gasteiger partial charge in [0.1, 0.15) is 5.69 Å². The van der Waals surface area contributed by atoms with Gasteiger partial charge in [0.15, 0.2) is 11.7 Å².